The van der Waals surface area contributed by atoms with Crippen LogP contribution in [0.5, 0.6) is 0 Å². The number of benzene rings is 1. The van der Waals surface area contributed by atoms with Gasteiger partial charge in [0, 0.05) is 13.1 Å². The van der Waals surface area contributed by atoms with E-state index in [9.17, 15) is 4.79 Å². The van der Waals surface area contributed by atoms with Crippen LogP contribution in [0.1, 0.15) is 11.1 Å². The first-order chi connectivity index (χ1) is 8.16. The van der Waals surface area contributed by atoms with E-state index in [1.54, 1.807) is 0 Å². The number of carboxylic acid groups (broad SMARTS) is 1. The highest BCUT2D eigenvalue weighted by atomic mass is 16.5. The van der Waals surface area contributed by atoms with Crippen molar-refractivity contribution in [2.75, 3.05) is 19.8 Å². The van der Waals surface area contributed by atoms with Crippen LogP contribution in [0.25, 0.3) is 0 Å². The van der Waals surface area contributed by atoms with Crippen molar-refractivity contribution in [1.29, 1.82) is 0 Å². The standard InChI is InChI=1S/C13H17NO3/c1-10-2-4-11(5-3-10)8-14-6-7-17-9-12(14)13(15)16/h2-5,12H,6-9H2,1H3,(H,15,16). The Labute approximate surface area is 101 Å². The molecule has 1 atom stereocenters. The molecule has 1 aliphatic rings. The Kier molecular flexibility index (Phi) is 3.76. The van der Waals surface area contributed by atoms with Gasteiger partial charge in [0.2, 0.25) is 0 Å². The van der Waals surface area contributed by atoms with Gasteiger partial charge < -0.3 is 9.84 Å². The zero-order valence-electron chi connectivity index (χ0n) is 9.93. The fourth-order valence-electron chi connectivity index (χ4n) is 1.98. The number of hydrogen-bond donors (Lipinski definition) is 1. The van der Waals surface area contributed by atoms with Crippen LogP contribution in [0.15, 0.2) is 24.3 Å². The maximum Gasteiger partial charge on any atom is 0.323 e. The molecule has 4 heteroatoms. The molecule has 0 aromatic heterocycles. The van der Waals surface area contributed by atoms with Crippen molar-refractivity contribution in [3.63, 3.8) is 0 Å². The van der Waals surface area contributed by atoms with Crippen molar-refractivity contribution in [2.24, 2.45) is 0 Å². The number of hydrogen-bond acceptors (Lipinski definition) is 3. The summed E-state index contributed by atoms with van der Waals surface area (Å²) < 4.78 is 5.21. The Hall–Kier alpha value is -1.39. The van der Waals surface area contributed by atoms with Crippen LogP contribution in [-0.2, 0) is 16.1 Å². The molecule has 92 valence electrons. The molecule has 0 radical (unpaired) electrons. The minimum absolute atomic E-state index is 0.279. The van der Waals surface area contributed by atoms with E-state index in [4.69, 9.17) is 9.84 Å². The SMILES string of the molecule is Cc1ccc(CN2CCOCC2C(=O)O)cc1. The molecule has 1 aromatic rings. The van der Waals surface area contributed by atoms with Crippen molar-refractivity contribution in [2.45, 2.75) is 19.5 Å². The second-order valence-corrected chi connectivity index (χ2v) is 4.39. The molecule has 1 heterocycles. The molecule has 1 fully saturated rings. The van der Waals surface area contributed by atoms with Gasteiger partial charge in [-0.2, -0.15) is 0 Å². The van der Waals surface area contributed by atoms with E-state index < -0.39 is 12.0 Å². The topological polar surface area (TPSA) is 49.8 Å². The van der Waals surface area contributed by atoms with Crippen molar-refractivity contribution in [3.05, 3.63) is 35.4 Å². The maximum atomic E-state index is 11.1. The van der Waals surface area contributed by atoms with Crippen LogP contribution < -0.4 is 0 Å². The molecule has 0 bridgehead atoms. The van der Waals surface area contributed by atoms with Crippen LogP contribution in [-0.4, -0.2) is 41.8 Å². The van der Waals surface area contributed by atoms with Crippen molar-refractivity contribution >= 4 is 5.97 Å². The highest BCUT2D eigenvalue weighted by molar-refractivity contribution is 5.73. The molecule has 0 spiro atoms. The molecule has 0 amide bonds. The predicted molar refractivity (Wildman–Crippen MR) is 63.8 cm³/mol. The fraction of sp³-hybridized carbons (Fsp3) is 0.462. The minimum atomic E-state index is -0.809. The van der Waals surface area contributed by atoms with E-state index in [-0.39, 0.29) is 6.61 Å². The summed E-state index contributed by atoms with van der Waals surface area (Å²) in [5.41, 5.74) is 2.36. The van der Waals surface area contributed by atoms with E-state index in [1.807, 2.05) is 36.1 Å². The molecular formula is C13H17NO3. The second-order valence-electron chi connectivity index (χ2n) is 4.39. The summed E-state index contributed by atoms with van der Waals surface area (Å²) in [6.07, 6.45) is 0. The highest BCUT2D eigenvalue weighted by Gasteiger charge is 2.28. The number of nitrogens with zero attached hydrogens (tertiary/aromatic N) is 1. The summed E-state index contributed by atoms with van der Waals surface area (Å²) >= 11 is 0. The molecule has 17 heavy (non-hydrogen) atoms. The Morgan fingerprint density at radius 1 is 1.47 bits per heavy atom. The van der Waals surface area contributed by atoms with Gasteiger partial charge in [-0.1, -0.05) is 29.8 Å². The van der Waals surface area contributed by atoms with Gasteiger partial charge in [0.1, 0.15) is 6.04 Å². The maximum absolute atomic E-state index is 11.1. The van der Waals surface area contributed by atoms with Gasteiger partial charge in [-0.25, -0.2) is 0 Å². The minimum Gasteiger partial charge on any atom is -0.480 e. The Morgan fingerprint density at radius 2 is 2.18 bits per heavy atom. The molecule has 1 saturated heterocycles. The van der Waals surface area contributed by atoms with Crippen LogP contribution in [0.4, 0.5) is 0 Å². The lowest BCUT2D eigenvalue weighted by Gasteiger charge is -2.32. The number of aliphatic carboxylic acids is 1. The number of aryl methyl sites for hydroxylation is 1. The van der Waals surface area contributed by atoms with Crippen LogP contribution >= 0.6 is 0 Å². The van der Waals surface area contributed by atoms with E-state index in [2.05, 4.69) is 0 Å². The quantitative estimate of drug-likeness (QED) is 0.857. The fourth-order valence-corrected chi connectivity index (χ4v) is 1.98. The molecule has 4 nitrogen and oxygen atoms in total. The monoisotopic (exact) mass is 235 g/mol. The van der Waals surface area contributed by atoms with Gasteiger partial charge in [0.05, 0.1) is 13.2 Å². The average Bonchev–Trinajstić information content (AvgIpc) is 2.32. The largest absolute Gasteiger partial charge is 0.480 e. The first-order valence-corrected chi connectivity index (χ1v) is 5.77. The number of carbonyl (C=O) groups is 1. The van der Waals surface area contributed by atoms with Gasteiger partial charge in [-0.05, 0) is 12.5 Å². The summed E-state index contributed by atoms with van der Waals surface area (Å²) in [5.74, 6) is -0.809. The van der Waals surface area contributed by atoms with Gasteiger partial charge >= 0.3 is 5.97 Å². The summed E-state index contributed by atoms with van der Waals surface area (Å²) in [7, 11) is 0. The van der Waals surface area contributed by atoms with E-state index in [1.165, 1.54) is 5.56 Å². The molecule has 1 aliphatic heterocycles. The zero-order chi connectivity index (χ0) is 12.3. The summed E-state index contributed by atoms with van der Waals surface area (Å²) in [6, 6.07) is 7.66. The molecule has 1 unspecified atom stereocenters. The number of ether oxygens (including phenoxy) is 1. The third kappa shape index (κ3) is 3.05. The van der Waals surface area contributed by atoms with Crippen LogP contribution in [0, 0.1) is 6.92 Å². The molecule has 0 aliphatic carbocycles. The molecular weight excluding hydrogens is 218 g/mol. The van der Waals surface area contributed by atoms with Crippen LogP contribution in [0.3, 0.4) is 0 Å². The smallest absolute Gasteiger partial charge is 0.323 e. The number of rotatable bonds is 3. The number of morpholine rings is 1. The lowest BCUT2D eigenvalue weighted by molar-refractivity contribution is -0.150. The van der Waals surface area contributed by atoms with Crippen molar-refractivity contribution in [3.8, 4) is 0 Å². The lowest BCUT2D eigenvalue weighted by atomic mass is 10.1. The van der Waals surface area contributed by atoms with E-state index in [0.29, 0.717) is 19.7 Å². The predicted octanol–water partition coefficient (Wildman–Crippen LogP) is 1.28. The van der Waals surface area contributed by atoms with Crippen molar-refractivity contribution in [1.82, 2.24) is 4.90 Å². The highest BCUT2D eigenvalue weighted by Crippen LogP contribution is 2.13. The third-order valence-corrected chi connectivity index (χ3v) is 3.03. The third-order valence-electron chi connectivity index (χ3n) is 3.03. The zero-order valence-corrected chi connectivity index (χ0v) is 9.93. The molecule has 1 N–H and O–H groups in total. The molecule has 2 rings (SSSR count). The molecule has 0 saturated carbocycles. The average molecular weight is 235 g/mol. The number of carboxylic acids is 1. The van der Waals surface area contributed by atoms with Gasteiger partial charge in [0.25, 0.3) is 0 Å². The summed E-state index contributed by atoms with van der Waals surface area (Å²) in [6.45, 7) is 4.26. The summed E-state index contributed by atoms with van der Waals surface area (Å²) in [4.78, 5) is 13.0. The molecule has 1 aromatic carbocycles. The van der Waals surface area contributed by atoms with Gasteiger partial charge in [-0.3, -0.25) is 9.69 Å². The second kappa shape index (κ2) is 5.29. The first kappa shape index (κ1) is 12.1. The van der Waals surface area contributed by atoms with E-state index >= 15 is 0 Å². The Balaban J connectivity index is 2.05. The van der Waals surface area contributed by atoms with Gasteiger partial charge in [-0.15, -0.1) is 0 Å². The normalized spacial score (nSPS) is 21.4. The van der Waals surface area contributed by atoms with Crippen LogP contribution in [0.2, 0.25) is 0 Å². The summed E-state index contributed by atoms with van der Waals surface area (Å²) in [5, 5.41) is 9.11. The Morgan fingerprint density at radius 3 is 2.82 bits per heavy atom. The van der Waals surface area contributed by atoms with E-state index in [0.717, 1.165) is 5.56 Å². The lowest BCUT2D eigenvalue weighted by Crippen LogP contribution is -2.49. The van der Waals surface area contributed by atoms with Gasteiger partial charge in [0.15, 0.2) is 0 Å². The Bertz CT molecular complexity index is 388. The first-order valence-electron chi connectivity index (χ1n) is 5.77. The van der Waals surface area contributed by atoms with Crippen molar-refractivity contribution < 1.29 is 14.6 Å².